The van der Waals surface area contributed by atoms with Gasteiger partial charge in [0.05, 0.1) is 17.2 Å². The van der Waals surface area contributed by atoms with Crippen LogP contribution >= 0.6 is 0 Å². The molecule has 0 fully saturated rings. The predicted octanol–water partition coefficient (Wildman–Crippen LogP) is 5.98. The Hall–Kier alpha value is -4.07. The SMILES string of the molecule is CN(C(=O)c1cc(C(F)(F)F)cc(C(F)(F)F)c1)C(CCC(=O)NCC#N)Cc1ccc2ccccc2c1. The van der Waals surface area contributed by atoms with Gasteiger partial charge in [-0.1, -0.05) is 42.5 Å². The van der Waals surface area contributed by atoms with E-state index in [9.17, 15) is 35.9 Å². The zero-order chi connectivity index (χ0) is 28.1. The third-order valence-electron chi connectivity index (χ3n) is 6.06. The molecule has 3 aromatic rings. The Kier molecular flexibility index (Phi) is 8.66. The zero-order valence-electron chi connectivity index (χ0n) is 20.2. The van der Waals surface area contributed by atoms with Gasteiger partial charge in [0.1, 0.15) is 6.54 Å². The standard InChI is InChI=1S/C27H23F6N3O2/c1-36(25(38)20-14-21(26(28,29)30)16-22(15-20)27(31,32)33)23(8-9-24(37)35-11-10-34)13-17-6-7-18-4-2-3-5-19(18)12-17/h2-7,12,14-16,23H,8-9,11,13H2,1H3,(H,35,37). The number of likely N-dealkylation sites (N-methyl/N-ethyl adjacent to an activating group) is 1. The van der Waals surface area contributed by atoms with Crippen LogP contribution < -0.4 is 5.32 Å². The van der Waals surface area contributed by atoms with E-state index in [-0.39, 0.29) is 31.9 Å². The van der Waals surface area contributed by atoms with Gasteiger partial charge in [-0.2, -0.15) is 31.6 Å². The third kappa shape index (κ3) is 7.25. The average Bonchev–Trinajstić information content (AvgIpc) is 2.87. The van der Waals surface area contributed by atoms with Crippen LogP contribution in [0.1, 0.15) is 39.9 Å². The molecule has 5 nitrogen and oxygen atoms in total. The number of alkyl halides is 6. The number of nitriles is 1. The first kappa shape index (κ1) is 28.5. The van der Waals surface area contributed by atoms with Crippen LogP contribution in [0.4, 0.5) is 26.3 Å². The molecule has 0 aliphatic heterocycles. The van der Waals surface area contributed by atoms with Crippen molar-refractivity contribution in [3.8, 4) is 6.07 Å². The van der Waals surface area contributed by atoms with Crippen LogP contribution in [-0.4, -0.2) is 36.3 Å². The molecule has 200 valence electrons. The molecule has 0 spiro atoms. The molecule has 0 saturated heterocycles. The summed E-state index contributed by atoms with van der Waals surface area (Å²) in [4.78, 5) is 26.4. The molecule has 1 N–H and O–H groups in total. The number of nitrogens with zero attached hydrogens (tertiary/aromatic N) is 2. The first-order valence-electron chi connectivity index (χ1n) is 11.5. The van der Waals surface area contributed by atoms with Crippen molar-refractivity contribution >= 4 is 22.6 Å². The second-order valence-corrected chi connectivity index (χ2v) is 8.72. The molecular weight excluding hydrogens is 512 g/mol. The molecule has 0 radical (unpaired) electrons. The van der Waals surface area contributed by atoms with Gasteiger partial charge in [-0.25, -0.2) is 0 Å². The highest BCUT2D eigenvalue weighted by molar-refractivity contribution is 5.95. The van der Waals surface area contributed by atoms with E-state index in [0.29, 0.717) is 12.1 Å². The summed E-state index contributed by atoms with van der Waals surface area (Å²) in [6, 6.07) is 14.7. The molecule has 0 aliphatic rings. The van der Waals surface area contributed by atoms with Crippen molar-refractivity contribution in [1.29, 1.82) is 5.26 Å². The Morgan fingerprint density at radius 1 is 0.921 bits per heavy atom. The molecule has 3 aromatic carbocycles. The number of nitrogens with one attached hydrogen (secondary N) is 1. The van der Waals surface area contributed by atoms with Crippen LogP contribution in [0.2, 0.25) is 0 Å². The summed E-state index contributed by atoms with van der Waals surface area (Å²) in [6.07, 6.45) is -10.1. The fourth-order valence-electron chi connectivity index (χ4n) is 4.04. The highest BCUT2D eigenvalue weighted by atomic mass is 19.4. The lowest BCUT2D eigenvalue weighted by Gasteiger charge is -2.29. The monoisotopic (exact) mass is 535 g/mol. The maximum atomic E-state index is 13.3. The number of halogens is 6. The molecule has 0 aromatic heterocycles. The Bertz CT molecular complexity index is 1330. The van der Waals surface area contributed by atoms with Gasteiger partial charge >= 0.3 is 12.4 Å². The largest absolute Gasteiger partial charge is 0.416 e. The summed E-state index contributed by atoms with van der Waals surface area (Å²) >= 11 is 0. The van der Waals surface area contributed by atoms with E-state index in [4.69, 9.17) is 5.26 Å². The van der Waals surface area contributed by atoms with Crippen molar-refractivity contribution in [2.24, 2.45) is 0 Å². The molecular formula is C27H23F6N3O2. The lowest BCUT2D eigenvalue weighted by atomic mass is 9.97. The van der Waals surface area contributed by atoms with Gasteiger partial charge < -0.3 is 10.2 Å². The highest BCUT2D eigenvalue weighted by Gasteiger charge is 2.38. The van der Waals surface area contributed by atoms with E-state index in [1.165, 1.54) is 7.05 Å². The van der Waals surface area contributed by atoms with E-state index in [0.717, 1.165) is 21.2 Å². The summed E-state index contributed by atoms with van der Waals surface area (Å²) in [7, 11) is 1.27. The summed E-state index contributed by atoms with van der Waals surface area (Å²) in [5.41, 5.74) is -3.20. The topological polar surface area (TPSA) is 73.2 Å². The molecule has 0 aliphatic carbocycles. The first-order chi connectivity index (χ1) is 17.8. The van der Waals surface area contributed by atoms with Crippen molar-refractivity contribution in [1.82, 2.24) is 10.2 Å². The summed E-state index contributed by atoms with van der Waals surface area (Å²) in [5, 5.41) is 12.9. The summed E-state index contributed by atoms with van der Waals surface area (Å²) in [6.45, 7) is -0.229. The minimum atomic E-state index is -5.10. The van der Waals surface area contributed by atoms with Gasteiger partial charge in [0.2, 0.25) is 5.91 Å². The summed E-state index contributed by atoms with van der Waals surface area (Å²) < 4.78 is 80.0. The minimum Gasteiger partial charge on any atom is -0.343 e. The number of benzene rings is 3. The van der Waals surface area contributed by atoms with E-state index in [1.807, 2.05) is 36.4 Å². The number of hydrogen-bond donors (Lipinski definition) is 1. The first-order valence-corrected chi connectivity index (χ1v) is 11.5. The third-order valence-corrected chi connectivity index (χ3v) is 6.06. The quantitative estimate of drug-likeness (QED) is 0.285. The molecule has 1 unspecified atom stereocenters. The fraction of sp³-hybridized carbons (Fsp3) is 0.296. The second kappa shape index (κ2) is 11.5. The van der Waals surface area contributed by atoms with Crippen LogP contribution in [0.5, 0.6) is 0 Å². The smallest absolute Gasteiger partial charge is 0.343 e. The van der Waals surface area contributed by atoms with Crippen molar-refractivity contribution in [2.45, 2.75) is 37.7 Å². The Balaban J connectivity index is 1.95. The van der Waals surface area contributed by atoms with E-state index in [2.05, 4.69) is 5.32 Å². The molecule has 3 rings (SSSR count). The number of carbonyl (C=O) groups excluding carboxylic acids is 2. The molecule has 1 atom stereocenters. The van der Waals surface area contributed by atoms with Crippen molar-refractivity contribution in [2.75, 3.05) is 13.6 Å². The van der Waals surface area contributed by atoms with Crippen LogP contribution in [0.3, 0.4) is 0 Å². The molecule has 0 heterocycles. The van der Waals surface area contributed by atoms with Crippen LogP contribution in [-0.2, 0) is 23.6 Å². The second-order valence-electron chi connectivity index (χ2n) is 8.72. The molecule has 38 heavy (non-hydrogen) atoms. The van der Waals surface area contributed by atoms with E-state index in [1.54, 1.807) is 12.1 Å². The van der Waals surface area contributed by atoms with Gasteiger partial charge in [0.15, 0.2) is 0 Å². The number of amides is 2. The van der Waals surface area contributed by atoms with Gasteiger partial charge in [-0.15, -0.1) is 0 Å². The molecule has 2 amide bonds. The lowest BCUT2D eigenvalue weighted by Crippen LogP contribution is -2.39. The minimum absolute atomic E-state index is 0.0388. The maximum absolute atomic E-state index is 13.3. The van der Waals surface area contributed by atoms with E-state index >= 15 is 0 Å². The van der Waals surface area contributed by atoms with Crippen molar-refractivity contribution in [3.63, 3.8) is 0 Å². The number of carbonyl (C=O) groups is 2. The van der Waals surface area contributed by atoms with Crippen LogP contribution in [0.15, 0.2) is 60.7 Å². The zero-order valence-corrected chi connectivity index (χ0v) is 20.2. The number of hydrogen-bond acceptors (Lipinski definition) is 3. The van der Waals surface area contributed by atoms with Gasteiger partial charge in [0.25, 0.3) is 5.91 Å². The van der Waals surface area contributed by atoms with Gasteiger partial charge in [-0.05, 0) is 47.4 Å². The Morgan fingerprint density at radius 2 is 1.53 bits per heavy atom. The maximum Gasteiger partial charge on any atom is 0.416 e. The fourth-order valence-corrected chi connectivity index (χ4v) is 4.04. The Labute approximate surface area is 214 Å². The molecule has 11 heteroatoms. The highest BCUT2D eigenvalue weighted by Crippen LogP contribution is 2.36. The molecule has 0 saturated carbocycles. The van der Waals surface area contributed by atoms with Gasteiger partial charge in [0, 0.05) is 25.1 Å². The van der Waals surface area contributed by atoms with Crippen LogP contribution in [0.25, 0.3) is 10.8 Å². The number of fused-ring (bicyclic) bond motifs is 1. The van der Waals surface area contributed by atoms with E-state index < -0.39 is 46.9 Å². The number of rotatable bonds is 8. The lowest BCUT2D eigenvalue weighted by molar-refractivity contribution is -0.143. The van der Waals surface area contributed by atoms with Crippen molar-refractivity contribution in [3.05, 3.63) is 82.9 Å². The van der Waals surface area contributed by atoms with Crippen molar-refractivity contribution < 1.29 is 35.9 Å². The predicted molar refractivity (Wildman–Crippen MR) is 128 cm³/mol. The normalized spacial score (nSPS) is 12.6. The Morgan fingerprint density at radius 3 is 2.11 bits per heavy atom. The van der Waals surface area contributed by atoms with Crippen LogP contribution in [0, 0.1) is 11.3 Å². The average molecular weight is 535 g/mol. The summed E-state index contributed by atoms with van der Waals surface area (Å²) in [5.74, 6) is -1.53. The molecule has 0 bridgehead atoms. The van der Waals surface area contributed by atoms with Gasteiger partial charge in [-0.3, -0.25) is 9.59 Å².